The molecule has 0 saturated heterocycles. The molecule has 114 valence electrons. The average molecular weight is 308 g/mol. The summed E-state index contributed by atoms with van der Waals surface area (Å²) in [4.78, 5) is 2.08. The van der Waals surface area contributed by atoms with Gasteiger partial charge in [-0.05, 0) is 26.6 Å². The topological polar surface area (TPSA) is 41.3 Å². The number of hydrogen-bond donors (Lipinski definition) is 1. The lowest BCUT2D eigenvalue weighted by molar-refractivity contribution is 0.165. The SMILES string of the molecule is Cc1ccc(CC(O)c2c(Cl)cnn2CCN(C)C)cc1. The summed E-state index contributed by atoms with van der Waals surface area (Å²) in [7, 11) is 4.01. The maximum absolute atomic E-state index is 10.5. The van der Waals surface area contributed by atoms with Gasteiger partial charge >= 0.3 is 0 Å². The lowest BCUT2D eigenvalue weighted by atomic mass is 10.0. The fourth-order valence-corrected chi connectivity index (χ4v) is 2.49. The molecule has 5 heteroatoms. The number of aliphatic hydroxyl groups is 1. The van der Waals surface area contributed by atoms with Crippen molar-refractivity contribution in [3.8, 4) is 0 Å². The fraction of sp³-hybridized carbons (Fsp3) is 0.438. The van der Waals surface area contributed by atoms with Crippen LogP contribution in [-0.4, -0.2) is 40.4 Å². The number of halogens is 1. The van der Waals surface area contributed by atoms with Gasteiger partial charge in [-0.3, -0.25) is 4.68 Å². The van der Waals surface area contributed by atoms with Crippen LogP contribution in [0.5, 0.6) is 0 Å². The molecule has 1 N–H and O–H groups in total. The Balaban J connectivity index is 2.12. The lowest BCUT2D eigenvalue weighted by Gasteiger charge is -2.16. The first-order valence-electron chi connectivity index (χ1n) is 7.07. The minimum atomic E-state index is -0.648. The minimum Gasteiger partial charge on any atom is -0.386 e. The number of aromatic nitrogens is 2. The second kappa shape index (κ2) is 7.07. The van der Waals surface area contributed by atoms with Crippen LogP contribution in [0.15, 0.2) is 30.5 Å². The molecule has 0 saturated carbocycles. The molecule has 1 unspecified atom stereocenters. The summed E-state index contributed by atoms with van der Waals surface area (Å²) in [5.74, 6) is 0. The summed E-state index contributed by atoms with van der Waals surface area (Å²) >= 11 is 6.19. The van der Waals surface area contributed by atoms with E-state index in [2.05, 4.69) is 10.00 Å². The smallest absolute Gasteiger partial charge is 0.101 e. The molecule has 2 rings (SSSR count). The van der Waals surface area contributed by atoms with Crippen LogP contribution in [0.1, 0.15) is 22.9 Å². The van der Waals surface area contributed by atoms with Crippen molar-refractivity contribution in [2.75, 3.05) is 20.6 Å². The van der Waals surface area contributed by atoms with E-state index in [4.69, 9.17) is 11.6 Å². The third-order valence-corrected chi connectivity index (χ3v) is 3.75. The highest BCUT2D eigenvalue weighted by Crippen LogP contribution is 2.25. The summed E-state index contributed by atoms with van der Waals surface area (Å²) in [6.45, 7) is 3.61. The van der Waals surface area contributed by atoms with E-state index in [9.17, 15) is 5.11 Å². The van der Waals surface area contributed by atoms with Crippen LogP contribution in [0.4, 0.5) is 0 Å². The number of nitrogens with zero attached hydrogens (tertiary/aromatic N) is 3. The Labute approximate surface area is 131 Å². The zero-order valence-electron chi connectivity index (χ0n) is 12.8. The largest absolute Gasteiger partial charge is 0.386 e. The summed E-state index contributed by atoms with van der Waals surface area (Å²) < 4.78 is 1.79. The number of benzene rings is 1. The zero-order valence-corrected chi connectivity index (χ0v) is 13.5. The summed E-state index contributed by atoms with van der Waals surface area (Å²) in [5, 5.41) is 15.3. The molecule has 0 aliphatic heterocycles. The van der Waals surface area contributed by atoms with Gasteiger partial charge in [0.2, 0.25) is 0 Å². The zero-order chi connectivity index (χ0) is 15.4. The van der Waals surface area contributed by atoms with E-state index in [-0.39, 0.29) is 0 Å². The highest BCUT2D eigenvalue weighted by atomic mass is 35.5. The van der Waals surface area contributed by atoms with Crippen molar-refractivity contribution in [3.63, 3.8) is 0 Å². The van der Waals surface area contributed by atoms with E-state index in [1.54, 1.807) is 10.9 Å². The molecule has 1 heterocycles. The Bertz CT molecular complexity index is 578. The summed E-state index contributed by atoms with van der Waals surface area (Å²) in [6, 6.07) is 8.17. The normalized spacial score (nSPS) is 12.9. The van der Waals surface area contributed by atoms with E-state index in [1.165, 1.54) is 5.56 Å². The van der Waals surface area contributed by atoms with E-state index in [1.807, 2.05) is 45.3 Å². The maximum Gasteiger partial charge on any atom is 0.101 e. The summed E-state index contributed by atoms with van der Waals surface area (Å²) in [5.41, 5.74) is 2.99. The molecule has 0 fully saturated rings. The van der Waals surface area contributed by atoms with E-state index < -0.39 is 6.10 Å². The lowest BCUT2D eigenvalue weighted by Crippen LogP contribution is -2.21. The van der Waals surface area contributed by atoms with Crippen molar-refractivity contribution >= 4 is 11.6 Å². The van der Waals surface area contributed by atoms with E-state index in [0.29, 0.717) is 23.7 Å². The van der Waals surface area contributed by atoms with Gasteiger partial charge in [-0.2, -0.15) is 5.10 Å². The van der Waals surface area contributed by atoms with Crippen molar-refractivity contribution in [2.24, 2.45) is 0 Å². The van der Waals surface area contributed by atoms with E-state index in [0.717, 1.165) is 12.1 Å². The monoisotopic (exact) mass is 307 g/mol. The van der Waals surface area contributed by atoms with Gasteiger partial charge < -0.3 is 10.0 Å². The van der Waals surface area contributed by atoms with Crippen LogP contribution in [0.3, 0.4) is 0 Å². The van der Waals surface area contributed by atoms with Gasteiger partial charge in [0.15, 0.2) is 0 Å². The molecular formula is C16H22ClN3O. The maximum atomic E-state index is 10.5. The number of aryl methyl sites for hydroxylation is 1. The van der Waals surface area contributed by atoms with Crippen LogP contribution >= 0.6 is 11.6 Å². The van der Waals surface area contributed by atoms with Crippen LogP contribution in [0.2, 0.25) is 5.02 Å². The van der Waals surface area contributed by atoms with Crippen molar-refractivity contribution in [2.45, 2.75) is 26.0 Å². The Morgan fingerprint density at radius 2 is 1.95 bits per heavy atom. The molecule has 0 amide bonds. The Morgan fingerprint density at radius 1 is 1.29 bits per heavy atom. The predicted octanol–water partition coefficient (Wildman–Crippen LogP) is 2.68. The van der Waals surface area contributed by atoms with Crippen molar-refractivity contribution in [1.29, 1.82) is 0 Å². The molecule has 0 radical (unpaired) electrons. The van der Waals surface area contributed by atoms with Gasteiger partial charge in [0.25, 0.3) is 0 Å². The van der Waals surface area contributed by atoms with Crippen LogP contribution < -0.4 is 0 Å². The van der Waals surface area contributed by atoms with Crippen molar-refractivity contribution < 1.29 is 5.11 Å². The second-order valence-corrected chi connectivity index (χ2v) is 6.02. The molecule has 21 heavy (non-hydrogen) atoms. The van der Waals surface area contributed by atoms with E-state index >= 15 is 0 Å². The number of rotatable bonds is 6. The van der Waals surface area contributed by atoms with Gasteiger partial charge in [0.05, 0.1) is 23.5 Å². The van der Waals surface area contributed by atoms with Crippen LogP contribution in [-0.2, 0) is 13.0 Å². The molecular weight excluding hydrogens is 286 g/mol. The van der Waals surface area contributed by atoms with Crippen molar-refractivity contribution in [3.05, 3.63) is 52.3 Å². The highest BCUT2D eigenvalue weighted by molar-refractivity contribution is 6.31. The number of likely N-dealkylation sites (N-methyl/N-ethyl adjacent to an activating group) is 1. The third-order valence-electron chi connectivity index (χ3n) is 3.46. The minimum absolute atomic E-state index is 0.522. The first-order chi connectivity index (χ1) is 9.97. The number of aliphatic hydroxyl groups excluding tert-OH is 1. The Morgan fingerprint density at radius 3 is 2.57 bits per heavy atom. The third kappa shape index (κ3) is 4.30. The van der Waals surface area contributed by atoms with Crippen LogP contribution in [0.25, 0.3) is 0 Å². The molecule has 0 bridgehead atoms. The molecule has 1 aromatic carbocycles. The Kier molecular flexibility index (Phi) is 5.39. The molecule has 1 aromatic heterocycles. The van der Waals surface area contributed by atoms with Gasteiger partial charge in [0, 0.05) is 13.0 Å². The first kappa shape index (κ1) is 16.0. The second-order valence-electron chi connectivity index (χ2n) is 5.61. The molecule has 0 aliphatic rings. The number of hydrogen-bond acceptors (Lipinski definition) is 3. The molecule has 2 aromatic rings. The highest BCUT2D eigenvalue weighted by Gasteiger charge is 2.18. The van der Waals surface area contributed by atoms with Gasteiger partial charge in [-0.1, -0.05) is 41.4 Å². The van der Waals surface area contributed by atoms with Gasteiger partial charge in [-0.25, -0.2) is 0 Å². The van der Waals surface area contributed by atoms with Gasteiger partial charge in [-0.15, -0.1) is 0 Å². The first-order valence-corrected chi connectivity index (χ1v) is 7.44. The van der Waals surface area contributed by atoms with Crippen molar-refractivity contribution in [1.82, 2.24) is 14.7 Å². The molecule has 1 atom stereocenters. The summed E-state index contributed by atoms with van der Waals surface area (Å²) in [6.07, 6.45) is 1.49. The van der Waals surface area contributed by atoms with Crippen LogP contribution in [0, 0.1) is 6.92 Å². The predicted molar refractivity (Wildman–Crippen MR) is 85.6 cm³/mol. The average Bonchev–Trinajstić information content (AvgIpc) is 2.80. The molecule has 4 nitrogen and oxygen atoms in total. The quantitative estimate of drug-likeness (QED) is 0.892. The molecule has 0 aliphatic carbocycles. The standard InChI is InChI=1S/C16H22ClN3O/c1-12-4-6-13(7-5-12)10-15(21)16-14(17)11-18-20(16)9-8-19(2)3/h4-7,11,15,21H,8-10H2,1-3H3. The molecule has 0 spiro atoms. The van der Waals surface area contributed by atoms with Gasteiger partial charge in [0.1, 0.15) is 6.10 Å². The Hall–Kier alpha value is -1.36. The fourth-order valence-electron chi connectivity index (χ4n) is 2.22.